The number of nitrogens with two attached hydrogens (primary N) is 1. The number of anilines is 1. The fourth-order valence-electron chi connectivity index (χ4n) is 4.38. The number of carbonyl (C=O) groups is 1. The Morgan fingerprint density at radius 3 is 2.73 bits per heavy atom. The summed E-state index contributed by atoms with van der Waals surface area (Å²) in [5, 5.41) is 14.3. The summed E-state index contributed by atoms with van der Waals surface area (Å²) in [6.45, 7) is 7.62. The van der Waals surface area contributed by atoms with Crippen molar-refractivity contribution in [1.29, 1.82) is 0 Å². The number of aromatic hydroxyl groups is 1. The molecule has 3 N–H and O–H groups in total. The summed E-state index contributed by atoms with van der Waals surface area (Å²) in [7, 11) is 0. The van der Waals surface area contributed by atoms with E-state index in [0.717, 1.165) is 30.0 Å². The molecule has 0 unspecified atom stereocenters. The lowest BCUT2D eigenvalue weighted by atomic mass is 10.0. The number of primary amides is 1. The molecule has 1 saturated heterocycles. The molecule has 1 amide bonds. The highest BCUT2D eigenvalue weighted by Gasteiger charge is 2.32. The maximum absolute atomic E-state index is 13.6. The Morgan fingerprint density at radius 1 is 1.22 bits per heavy atom. The third-order valence-electron chi connectivity index (χ3n) is 6.12. The number of nitrogens with zero attached hydrogens (tertiary/aromatic N) is 4. The Hall–Kier alpha value is -4.14. The van der Waals surface area contributed by atoms with Crippen LogP contribution in [0.5, 0.6) is 11.5 Å². The molecule has 5 rings (SSSR count). The van der Waals surface area contributed by atoms with Crippen molar-refractivity contribution in [3.8, 4) is 11.5 Å². The van der Waals surface area contributed by atoms with Crippen LogP contribution in [0.15, 0.2) is 67.0 Å². The van der Waals surface area contributed by atoms with Gasteiger partial charge in [0, 0.05) is 18.9 Å². The number of carbonyl (C=O) groups excluding carboxylic acids is 1. The van der Waals surface area contributed by atoms with Gasteiger partial charge in [0.15, 0.2) is 17.1 Å². The quantitative estimate of drug-likeness (QED) is 0.383. The summed E-state index contributed by atoms with van der Waals surface area (Å²) >= 11 is 0. The molecular weight excluding hydrogens is 473 g/mol. The van der Waals surface area contributed by atoms with E-state index in [-0.39, 0.29) is 23.2 Å². The van der Waals surface area contributed by atoms with E-state index in [1.165, 1.54) is 12.1 Å². The second kappa shape index (κ2) is 11.3. The lowest BCUT2D eigenvalue weighted by molar-refractivity contribution is 0.0997. The van der Waals surface area contributed by atoms with Crippen molar-refractivity contribution < 1.29 is 19.0 Å². The van der Waals surface area contributed by atoms with Crippen molar-refractivity contribution in [3.63, 3.8) is 0 Å². The van der Waals surface area contributed by atoms with E-state index in [1.54, 1.807) is 35.0 Å². The molecule has 0 bridgehead atoms. The second-order valence-corrected chi connectivity index (χ2v) is 9.71. The maximum atomic E-state index is 13.6. The molecule has 0 radical (unpaired) electrons. The average molecular weight is 506 g/mol. The molecule has 2 atom stereocenters. The van der Waals surface area contributed by atoms with Gasteiger partial charge in [0.25, 0.3) is 5.91 Å². The van der Waals surface area contributed by atoms with Crippen molar-refractivity contribution in [3.05, 3.63) is 83.9 Å². The van der Waals surface area contributed by atoms with E-state index in [9.17, 15) is 14.3 Å². The van der Waals surface area contributed by atoms with Crippen LogP contribution in [0.25, 0.3) is 5.65 Å². The van der Waals surface area contributed by atoms with Gasteiger partial charge in [0.2, 0.25) is 0 Å². The standard InChI is InChI=1S/C17H17FN4.C11H15NO3/c1-12-9-15(13-3-2-4-14(18)10-13)21(11-12)17-6-5-16-19-7-8-22(16)20-17;1-7(2)6-15-9-5-3-4-8(10(9)13)11(12)14/h2-8,10,12,15H,9,11H2,1H3;3-5,7,13H,6H2,1-2H3,(H2,12,14)/t12-,15+;/m0./s1. The SMILES string of the molecule is CC(C)COc1cccc(C(N)=O)c1O.C[C@H]1C[C@H](c2cccc(F)c2)N(c2ccc3nccn3n2)C1. The van der Waals surface area contributed by atoms with Crippen molar-refractivity contribution in [1.82, 2.24) is 14.6 Å². The first-order valence-corrected chi connectivity index (χ1v) is 12.3. The number of aromatic nitrogens is 3. The third kappa shape index (κ3) is 6.17. The fraction of sp³-hybridized carbons (Fsp3) is 0.321. The van der Waals surface area contributed by atoms with Gasteiger partial charge in [0.1, 0.15) is 11.6 Å². The van der Waals surface area contributed by atoms with Gasteiger partial charge >= 0.3 is 0 Å². The molecule has 1 aliphatic heterocycles. The van der Waals surface area contributed by atoms with Gasteiger partial charge in [-0.25, -0.2) is 13.9 Å². The van der Waals surface area contributed by atoms with Gasteiger partial charge in [-0.05, 0) is 60.2 Å². The number of hydrogen-bond donors (Lipinski definition) is 2. The normalized spacial score (nSPS) is 17.1. The monoisotopic (exact) mass is 505 g/mol. The number of rotatable bonds is 6. The smallest absolute Gasteiger partial charge is 0.252 e. The number of para-hydroxylation sites is 1. The van der Waals surface area contributed by atoms with Crippen LogP contribution < -0.4 is 15.4 Å². The van der Waals surface area contributed by atoms with E-state index in [1.807, 2.05) is 38.2 Å². The molecule has 8 nitrogen and oxygen atoms in total. The molecule has 3 heterocycles. The number of hydrogen-bond acceptors (Lipinski definition) is 6. The van der Waals surface area contributed by atoms with Crippen LogP contribution in [0.2, 0.25) is 0 Å². The Kier molecular flexibility index (Phi) is 7.91. The third-order valence-corrected chi connectivity index (χ3v) is 6.12. The van der Waals surface area contributed by atoms with E-state index in [0.29, 0.717) is 24.2 Å². The Bertz CT molecular complexity index is 1370. The van der Waals surface area contributed by atoms with Crippen LogP contribution in [0.4, 0.5) is 10.2 Å². The largest absolute Gasteiger partial charge is 0.504 e. The van der Waals surface area contributed by atoms with E-state index < -0.39 is 5.91 Å². The summed E-state index contributed by atoms with van der Waals surface area (Å²) in [6.07, 6.45) is 4.59. The molecule has 9 heteroatoms. The Labute approximate surface area is 215 Å². The highest BCUT2D eigenvalue weighted by Crippen LogP contribution is 2.38. The van der Waals surface area contributed by atoms with Crippen LogP contribution >= 0.6 is 0 Å². The minimum absolute atomic E-state index is 0.0799. The van der Waals surface area contributed by atoms with Gasteiger partial charge in [-0.3, -0.25) is 4.79 Å². The molecular formula is C28H32FN5O3. The molecule has 0 aliphatic carbocycles. The first-order chi connectivity index (χ1) is 17.7. The number of benzene rings is 2. The zero-order chi connectivity index (χ0) is 26.5. The molecule has 1 aliphatic rings. The summed E-state index contributed by atoms with van der Waals surface area (Å²) in [6, 6.07) is 15.7. The summed E-state index contributed by atoms with van der Waals surface area (Å²) in [5.41, 5.74) is 7.01. The fourth-order valence-corrected chi connectivity index (χ4v) is 4.38. The van der Waals surface area contributed by atoms with Crippen molar-refractivity contribution >= 4 is 17.4 Å². The Balaban J connectivity index is 0.000000188. The first kappa shape index (κ1) is 25.9. The molecule has 4 aromatic rings. The highest BCUT2D eigenvalue weighted by atomic mass is 19.1. The topological polar surface area (TPSA) is 106 Å². The van der Waals surface area contributed by atoms with Crippen molar-refractivity contribution in [2.24, 2.45) is 17.6 Å². The summed E-state index contributed by atoms with van der Waals surface area (Å²) in [5.74, 6) is 1.06. The van der Waals surface area contributed by atoms with Crippen LogP contribution in [-0.2, 0) is 0 Å². The predicted molar refractivity (Wildman–Crippen MR) is 140 cm³/mol. The maximum Gasteiger partial charge on any atom is 0.252 e. The second-order valence-electron chi connectivity index (χ2n) is 9.71. The average Bonchev–Trinajstić information content (AvgIpc) is 3.49. The van der Waals surface area contributed by atoms with Crippen LogP contribution in [0, 0.1) is 17.7 Å². The molecule has 37 heavy (non-hydrogen) atoms. The van der Waals surface area contributed by atoms with Gasteiger partial charge < -0.3 is 20.5 Å². The number of ether oxygens (including phenoxy) is 1. The first-order valence-electron chi connectivity index (χ1n) is 12.3. The number of imidazole rings is 1. The van der Waals surface area contributed by atoms with Gasteiger partial charge in [-0.2, -0.15) is 0 Å². The van der Waals surface area contributed by atoms with Crippen molar-refractivity contribution in [2.75, 3.05) is 18.1 Å². The minimum Gasteiger partial charge on any atom is -0.504 e. The minimum atomic E-state index is -0.664. The van der Waals surface area contributed by atoms with Crippen LogP contribution in [0.1, 0.15) is 49.2 Å². The summed E-state index contributed by atoms with van der Waals surface area (Å²) < 4.78 is 20.7. The van der Waals surface area contributed by atoms with Crippen molar-refractivity contribution in [2.45, 2.75) is 33.2 Å². The zero-order valence-corrected chi connectivity index (χ0v) is 21.2. The number of halogens is 1. The molecule has 194 valence electrons. The molecule has 2 aromatic carbocycles. The summed E-state index contributed by atoms with van der Waals surface area (Å²) in [4.78, 5) is 17.4. The highest BCUT2D eigenvalue weighted by molar-refractivity contribution is 5.96. The number of phenols is 1. The number of amides is 1. The lowest BCUT2D eigenvalue weighted by Gasteiger charge is -2.26. The molecule has 1 fully saturated rings. The van der Waals surface area contributed by atoms with Gasteiger partial charge in [-0.1, -0.05) is 39.0 Å². The molecule has 2 aromatic heterocycles. The number of fused-ring (bicyclic) bond motifs is 1. The lowest BCUT2D eigenvalue weighted by Crippen LogP contribution is -2.24. The van der Waals surface area contributed by atoms with Gasteiger partial charge in [0.05, 0.1) is 18.2 Å². The van der Waals surface area contributed by atoms with E-state index >= 15 is 0 Å². The van der Waals surface area contributed by atoms with Gasteiger partial charge in [-0.15, -0.1) is 5.10 Å². The van der Waals surface area contributed by atoms with Crippen LogP contribution in [-0.4, -0.2) is 38.8 Å². The predicted octanol–water partition coefficient (Wildman–Crippen LogP) is 4.98. The van der Waals surface area contributed by atoms with Crippen LogP contribution in [0.3, 0.4) is 0 Å². The molecule has 0 spiro atoms. The Morgan fingerprint density at radius 2 is 2.00 bits per heavy atom. The zero-order valence-electron chi connectivity index (χ0n) is 21.2. The molecule has 0 saturated carbocycles. The van der Waals surface area contributed by atoms with E-state index in [4.69, 9.17) is 10.5 Å². The van der Waals surface area contributed by atoms with E-state index in [2.05, 4.69) is 21.9 Å².